The zero-order chi connectivity index (χ0) is 42.3. The highest BCUT2D eigenvalue weighted by Crippen LogP contribution is 2.37. The lowest BCUT2D eigenvalue weighted by Gasteiger charge is -2.22. The molecule has 0 atom stereocenters. The van der Waals surface area contributed by atoms with Gasteiger partial charge in [-0.2, -0.15) is 5.26 Å². The number of carbonyl (C=O) groups is 4. The van der Waals surface area contributed by atoms with Crippen LogP contribution < -0.4 is 30.7 Å². The number of nitriles is 1. The van der Waals surface area contributed by atoms with E-state index in [0.717, 1.165) is 0 Å². The highest BCUT2D eigenvalue weighted by molar-refractivity contribution is 6.02. The van der Waals surface area contributed by atoms with Crippen molar-refractivity contribution in [2.75, 3.05) is 26.3 Å². The number of hydrogen-bond acceptors (Lipinski definition) is 13. The molecular formula is C39H55N7O10. The number of nitrogens with one attached hydrogen (secondary N) is 4. The summed E-state index contributed by atoms with van der Waals surface area (Å²) in [4.78, 5) is 58.4. The maximum absolute atomic E-state index is 12.5. The van der Waals surface area contributed by atoms with Crippen LogP contribution in [0.25, 0.3) is 11.1 Å². The van der Waals surface area contributed by atoms with Crippen molar-refractivity contribution in [2.45, 2.75) is 105 Å². The van der Waals surface area contributed by atoms with Crippen LogP contribution in [-0.2, 0) is 18.9 Å². The molecule has 2 aromatic carbocycles. The average molecular weight is 782 g/mol. The standard InChI is InChI=1S/C39H55N7O10/c1-36(2,3)53-32(47)43-30(44-33(48)54-37(4,5)6)41-19-21-51-28-16-14-13-15-26(28)27-18-17-25(24-40)23-29(27)52-22-20-42-31(45-34(49)55-38(7,8)9)46-35(50)56-39(10,11)12/h13-18,23H,19-22H2,1-12H3,(H2,41,43,44,47,48)(H2,42,45,46,49,50). The largest absolute Gasteiger partial charge is 0.491 e. The summed E-state index contributed by atoms with van der Waals surface area (Å²) in [5, 5.41) is 19.3. The van der Waals surface area contributed by atoms with Gasteiger partial charge in [0.25, 0.3) is 0 Å². The molecule has 0 bridgehead atoms. The predicted molar refractivity (Wildman–Crippen MR) is 210 cm³/mol. The van der Waals surface area contributed by atoms with Gasteiger partial charge < -0.3 is 28.4 Å². The van der Waals surface area contributed by atoms with Crippen LogP contribution in [-0.4, -0.2) is 85.0 Å². The fraction of sp³-hybridized carbons (Fsp3) is 0.513. The Morgan fingerprint density at radius 3 is 1.29 bits per heavy atom. The minimum Gasteiger partial charge on any atom is -0.491 e. The molecule has 0 spiro atoms. The first kappa shape index (κ1) is 46.1. The van der Waals surface area contributed by atoms with Crippen molar-refractivity contribution in [2.24, 2.45) is 9.98 Å². The van der Waals surface area contributed by atoms with E-state index >= 15 is 0 Å². The number of nitrogens with zero attached hydrogens (tertiary/aromatic N) is 3. The molecule has 0 aromatic heterocycles. The first-order valence-electron chi connectivity index (χ1n) is 17.8. The second-order valence-electron chi connectivity index (χ2n) is 16.0. The first-order chi connectivity index (χ1) is 25.8. The van der Waals surface area contributed by atoms with Gasteiger partial charge in [0.1, 0.15) is 47.1 Å². The molecule has 0 unspecified atom stereocenters. The molecular weight excluding hydrogens is 726 g/mol. The maximum atomic E-state index is 12.5. The molecule has 17 heteroatoms. The van der Waals surface area contributed by atoms with Gasteiger partial charge in [0, 0.05) is 11.1 Å². The number of benzene rings is 2. The average Bonchev–Trinajstić information content (AvgIpc) is 3.01. The molecule has 17 nitrogen and oxygen atoms in total. The Morgan fingerprint density at radius 2 is 0.911 bits per heavy atom. The lowest BCUT2D eigenvalue weighted by Crippen LogP contribution is -2.47. The molecule has 4 amide bonds. The van der Waals surface area contributed by atoms with Crippen LogP contribution in [0.2, 0.25) is 0 Å². The predicted octanol–water partition coefficient (Wildman–Crippen LogP) is 6.79. The van der Waals surface area contributed by atoms with Crippen LogP contribution >= 0.6 is 0 Å². The van der Waals surface area contributed by atoms with Crippen LogP contribution in [0.4, 0.5) is 19.2 Å². The number of para-hydroxylation sites is 1. The Hall–Kier alpha value is -6.05. The van der Waals surface area contributed by atoms with E-state index in [4.69, 9.17) is 28.4 Å². The number of carbonyl (C=O) groups excluding carboxylic acids is 4. The van der Waals surface area contributed by atoms with E-state index < -0.39 is 46.8 Å². The quantitative estimate of drug-likeness (QED) is 0.0897. The topological polar surface area (TPSA) is 220 Å². The summed E-state index contributed by atoms with van der Waals surface area (Å²) >= 11 is 0. The van der Waals surface area contributed by atoms with E-state index in [9.17, 15) is 24.4 Å². The van der Waals surface area contributed by atoms with Crippen LogP contribution in [0.5, 0.6) is 11.5 Å². The fourth-order valence-corrected chi connectivity index (χ4v) is 4.20. The molecule has 0 saturated carbocycles. The third-order valence-corrected chi connectivity index (χ3v) is 6.00. The maximum Gasteiger partial charge on any atom is 0.414 e. The molecule has 0 fully saturated rings. The van der Waals surface area contributed by atoms with Gasteiger partial charge in [-0.15, -0.1) is 0 Å². The van der Waals surface area contributed by atoms with Gasteiger partial charge in [-0.1, -0.05) is 18.2 Å². The van der Waals surface area contributed by atoms with E-state index in [-0.39, 0.29) is 38.2 Å². The van der Waals surface area contributed by atoms with Crippen molar-refractivity contribution >= 4 is 36.3 Å². The summed E-state index contributed by atoms with van der Waals surface area (Å²) in [6.45, 7) is 20.3. The molecule has 0 aliphatic carbocycles. The summed E-state index contributed by atoms with van der Waals surface area (Å²) < 4.78 is 33.3. The molecule has 56 heavy (non-hydrogen) atoms. The van der Waals surface area contributed by atoms with Crippen molar-refractivity contribution in [3.8, 4) is 28.7 Å². The highest BCUT2D eigenvalue weighted by Gasteiger charge is 2.23. The van der Waals surface area contributed by atoms with Crippen molar-refractivity contribution in [3.63, 3.8) is 0 Å². The second kappa shape index (κ2) is 20.0. The van der Waals surface area contributed by atoms with Crippen molar-refractivity contribution < 1.29 is 47.6 Å². The molecule has 0 radical (unpaired) electrons. The van der Waals surface area contributed by atoms with Gasteiger partial charge in [-0.05, 0) is 107 Å². The molecule has 0 aliphatic heterocycles. The number of hydrogen-bond donors (Lipinski definition) is 4. The number of rotatable bonds is 9. The van der Waals surface area contributed by atoms with Gasteiger partial charge in [-0.25, -0.2) is 29.2 Å². The van der Waals surface area contributed by atoms with Gasteiger partial charge in [-0.3, -0.25) is 21.3 Å². The van der Waals surface area contributed by atoms with Crippen LogP contribution in [0.1, 0.15) is 88.6 Å². The second-order valence-corrected chi connectivity index (χ2v) is 16.0. The lowest BCUT2D eigenvalue weighted by molar-refractivity contribution is 0.0521. The zero-order valence-corrected chi connectivity index (χ0v) is 34.3. The third-order valence-electron chi connectivity index (χ3n) is 6.00. The van der Waals surface area contributed by atoms with Gasteiger partial charge >= 0.3 is 24.4 Å². The summed E-state index contributed by atoms with van der Waals surface area (Å²) in [5.74, 6) is 0.375. The molecule has 4 N–H and O–H groups in total. The Morgan fingerprint density at radius 1 is 0.554 bits per heavy atom. The monoisotopic (exact) mass is 781 g/mol. The van der Waals surface area contributed by atoms with Crippen LogP contribution in [0.15, 0.2) is 52.4 Å². The molecule has 0 aliphatic rings. The smallest absolute Gasteiger partial charge is 0.414 e. The number of ether oxygens (including phenoxy) is 6. The molecule has 0 heterocycles. The van der Waals surface area contributed by atoms with E-state index in [0.29, 0.717) is 28.2 Å². The SMILES string of the molecule is CC(C)(C)OC(=O)NC(=NCCOc1ccccc1-c1ccc(C#N)cc1OCCN=C(NC(=O)OC(C)(C)C)NC(=O)OC(C)(C)C)NC(=O)OC(C)(C)C. The lowest BCUT2D eigenvalue weighted by atomic mass is 10.0. The summed E-state index contributed by atoms with van der Waals surface area (Å²) in [6, 6.07) is 14.1. The van der Waals surface area contributed by atoms with E-state index in [2.05, 4.69) is 37.3 Å². The zero-order valence-electron chi connectivity index (χ0n) is 34.3. The highest BCUT2D eigenvalue weighted by atomic mass is 16.6. The van der Waals surface area contributed by atoms with Crippen molar-refractivity contribution in [1.82, 2.24) is 21.3 Å². The molecule has 0 saturated heterocycles. The number of alkyl carbamates (subject to hydrolysis) is 4. The van der Waals surface area contributed by atoms with Crippen molar-refractivity contribution in [1.29, 1.82) is 5.26 Å². The van der Waals surface area contributed by atoms with Crippen LogP contribution in [0.3, 0.4) is 0 Å². The first-order valence-corrected chi connectivity index (χ1v) is 17.8. The van der Waals surface area contributed by atoms with E-state index in [1.165, 1.54) is 0 Å². The van der Waals surface area contributed by atoms with Gasteiger partial charge in [0.2, 0.25) is 11.9 Å². The summed E-state index contributed by atoms with van der Waals surface area (Å²) in [6.07, 6.45) is -3.33. The fourth-order valence-electron chi connectivity index (χ4n) is 4.20. The normalized spacial score (nSPS) is 11.4. The third kappa shape index (κ3) is 19.3. The molecule has 2 aromatic rings. The number of aliphatic imine (C=N–C) groups is 2. The minimum atomic E-state index is -0.839. The van der Waals surface area contributed by atoms with E-state index in [1.807, 2.05) is 0 Å². The minimum absolute atomic E-state index is 0.000982. The Kier molecular flexibility index (Phi) is 16.5. The number of amides is 4. The summed E-state index contributed by atoms with van der Waals surface area (Å²) in [5.41, 5.74) is -1.66. The van der Waals surface area contributed by atoms with Gasteiger partial charge in [0.15, 0.2) is 0 Å². The van der Waals surface area contributed by atoms with E-state index in [1.54, 1.807) is 126 Å². The van der Waals surface area contributed by atoms with Crippen LogP contribution in [0, 0.1) is 11.3 Å². The van der Waals surface area contributed by atoms with Gasteiger partial charge in [0.05, 0.1) is 24.7 Å². The Balaban J connectivity index is 2.28. The molecule has 306 valence electrons. The molecule has 2 rings (SSSR count). The Labute approximate surface area is 328 Å². The van der Waals surface area contributed by atoms with Crippen molar-refractivity contribution in [3.05, 3.63) is 48.0 Å². The summed E-state index contributed by atoms with van der Waals surface area (Å²) in [7, 11) is 0. The number of guanidine groups is 2. The Bertz CT molecular complexity index is 1730.